The molecule has 0 saturated heterocycles. The molecule has 2 aromatic rings. The summed E-state index contributed by atoms with van der Waals surface area (Å²) in [6.45, 7) is 8.50. The summed E-state index contributed by atoms with van der Waals surface area (Å²) >= 11 is 0. The number of esters is 1. The van der Waals surface area contributed by atoms with Gasteiger partial charge in [0.1, 0.15) is 0 Å². The molecular formula is C20H25NO2. The van der Waals surface area contributed by atoms with Gasteiger partial charge in [-0.15, -0.1) is 0 Å². The van der Waals surface area contributed by atoms with Crippen LogP contribution in [0, 0.1) is 0 Å². The van der Waals surface area contributed by atoms with Crippen LogP contribution in [-0.2, 0) is 21.4 Å². The van der Waals surface area contributed by atoms with E-state index in [1.54, 1.807) is 12.4 Å². The summed E-state index contributed by atoms with van der Waals surface area (Å²) in [4.78, 5) is 16.7. The number of aromatic nitrogens is 1. The fraction of sp³-hybridized carbons (Fsp3) is 0.400. The number of hydrogen-bond acceptors (Lipinski definition) is 3. The van der Waals surface area contributed by atoms with Crippen molar-refractivity contribution in [3.8, 4) is 0 Å². The predicted molar refractivity (Wildman–Crippen MR) is 92.5 cm³/mol. The zero-order valence-corrected chi connectivity index (χ0v) is 14.4. The van der Waals surface area contributed by atoms with Crippen molar-refractivity contribution in [2.24, 2.45) is 0 Å². The Morgan fingerprint density at radius 2 is 1.74 bits per heavy atom. The van der Waals surface area contributed by atoms with Crippen LogP contribution in [0.5, 0.6) is 0 Å². The molecule has 23 heavy (non-hydrogen) atoms. The van der Waals surface area contributed by atoms with E-state index in [0.717, 1.165) is 11.1 Å². The van der Waals surface area contributed by atoms with Gasteiger partial charge in [0.25, 0.3) is 0 Å². The Kier molecular flexibility index (Phi) is 5.54. The highest BCUT2D eigenvalue weighted by Gasteiger charge is 2.37. The Morgan fingerprint density at radius 1 is 1.13 bits per heavy atom. The maximum absolute atomic E-state index is 12.7. The van der Waals surface area contributed by atoms with Crippen LogP contribution >= 0.6 is 0 Å². The molecule has 0 amide bonds. The molecule has 2 rings (SSSR count). The van der Waals surface area contributed by atoms with Crippen LogP contribution in [0.25, 0.3) is 0 Å². The molecule has 0 aliphatic carbocycles. The Labute approximate surface area is 138 Å². The van der Waals surface area contributed by atoms with Crippen molar-refractivity contribution in [2.75, 3.05) is 6.61 Å². The molecule has 0 saturated carbocycles. The maximum atomic E-state index is 12.7. The van der Waals surface area contributed by atoms with Gasteiger partial charge in [-0.3, -0.25) is 9.78 Å². The van der Waals surface area contributed by atoms with E-state index < -0.39 is 5.41 Å². The van der Waals surface area contributed by atoms with Gasteiger partial charge in [-0.1, -0.05) is 38.1 Å². The van der Waals surface area contributed by atoms with E-state index in [1.165, 1.54) is 5.56 Å². The van der Waals surface area contributed by atoms with E-state index >= 15 is 0 Å². The second kappa shape index (κ2) is 7.40. The molecule has 3 heteroatoms. The highest BCUT2D eigenvalue weighted by Crippen LogP contribution is 2.31. The smallest absolute Gasteiger partial charge is 0.316 e. The van der Waals surface area contributed by atoms with E-state index in [2.05, 4.69) is 31.0 Å². The second-order valence-electron chi connectivity index (χ2n) is 6.36. The number of rotatable bonds is 6. The first-order chi connectivity index (χ1) is 11.0. The Bertz CT molecular complexity index is 634. The van der Waals surface area contributed by atoms with Crippen LogP contribution < -0.4 is 0 Å². The van der Waals surface area contributed by atoms with Crippen molar-refractivity contribution in [1.82, 2.24) is 4.98 Å². The summed E-state index contributed by atoms with van der Waals surface area (Å²) in [6.07, 6.45) is 4.10. The topological polar surface area (TPSA) is 39.2 Å². The summed E-state index contributed by atoms with van der Waals surface area (Å²) in [5, 5.41) is 0. The van der Waals surface area contributed by atoms with Crippen molar-refractivity contribution in [1.29, 1.82) is 0 Å². The van der Waals surface area contributed by atoms with Crippen LogP contribution in [0.2, 0.25) is 0 Å². The highest BCUT2D eigenvalue weighted by atomic mass is 16.5. The van der Waals surface area contributed by atoms with E-state index in [1.807, 2.05) is 38.1 Å². The van der Waals surface area contributed by atoms with Gasteiger partial charge >= 0.3 is 5.97 Å². The van der Waals surface area contributed by atoms with E-state index in [4.69, 9.17) is 4.74 Å². The normalized spacial score (nSPS) is 13.6. The number of nitrogens with zero attached hydrogens (tertiary/aromatic N) is 1. The minimum atomic E-state index is -0.702. The Hall–Kier alpha value is -2.16. The standard InChI is InChI=1S/C20H25NO2/c1-5-23-19(22)20(4,14-16-10-12-21-13-11-16)18-8-6-17(7-9-18)15(2)3/h6-13,15H,5,14H2,1-4H3. The number of hydrogen-bond donors (Lipinski definition) is 0. The molecular weight excluding hydrogens is 286 g/mol. The summed E-state index contributed by atoms with van der Waals surface area (Å²) in [5.74, 6) is 0.284. The third-order valence-electron chi connectivity index (χ3n) is 4.25. The fourth-order valence-electron chi connectivity index (χ4n) is 2.73. The number of benzene rings is 1. The number of carbonyl (C=O) groups excluding carboxylic acids is 1. The van der Waals surface area contributed by atoms with Gasteiger partial charge in [0.2, 0.25) is 0 Å². The molecule has 0 fully saturated rings. The molecule has 0 spiro atoms. The lowest BCUT2D eigenvalue weighted by Gasteiger charge is -2.28. The first-order valence-corrected chi connectivity index (χ1v) is 8.14. The van der Waals surface area contributed by atoms with Gasteiger partial charge in [0.05, 0.1) is 12.0 Å². The fourth-order valence-corrected chi connectivity index (χ4v) is 2.73. The minimum Gasteiger partial charge on any atom is -0.465 e. The van der Waals surface area contributed by atoms with Crippen LogP contribution in [0.15, 0.2) is 48.8 Å². The largest absolute Gasteiger partial charge is 0.465 e. The number of ether oxygens (including phenoxy) is 1. The Morgan fingerprint density at radius 3 is 2.26 bits per heavy atom. The van der Waals surface area contributed by atoms with Crippen molar-refractivity contribution in [3.05, 3.63) is 65.5 Å². The van der Waals surface area contributed by atoms with Crippen LogP contribution in [-0.4, -0.2) is 17.6 Å². The summed E-state index contributed by atoms with van der Waals surface area (Å²) in [5.41, 5.74) is 2.62. The van der Waals surface area contributed by atoms with Crippen molar-refractivity contribution in [3.63, 3.8) is 0 Å². The first-order valence-electron chi connectivity index (χ1n) is 8.14. The molecule has 3 nitrogen and oxygen atoms in total. The van der Waals surface area contributed by atoms with E-state index in [9.17, 15) is 4.79 Å². The molecule has 1 unspecified atom stereocenters. The molecule has 0 bridgehead atoms. The number of carbonyl (C=O) groups is 1. The van der Waals surface area contributed by atoms with E-state index in [0.29, 0.717) is 18.9 Å². The third-order valence-corrected chi connectivity index (χ3v) is 4.25. The lowest BCUT2D eigenvalue weighted by molar-refractivity contribution is -0.149. The molecule has 1 aromatic heterocycles. The van der Waals surface area contributed by atoms with Crippen molar-refractivity contribution < 1.29 is 9.53 Å². The Balaban J connectivity index is 2.38. The summed E-state index contributed by atoms with van der Waals surface area (Å²) in [6, 6.07) is 12.2. The van der Waals surface area contributed by atoms with Crippen LogP contribution in [0.4, 0.5) is 0 Å². The number of pyridine rings is 1. The monoisotopic (exact) mass is 311 g/mol. The van der Waals surface area contributed by atoms with Gasteiger partial charge in [-0.05, 0) is 55.0 Å². The highest BCUT2D eigenvalue weighted by molar-refractivity contribution is 5.83. The van der Waals surface area contributed by atoms with Crippen molar-refractivity contribution >= 4 is 5.97 Å². The lowest BCUT2D eigenvalue weighted by Crippen LogP contribution is -2.36. The quantitative estimate of drug-likeness (QED) is 0.748. The molecule has 0 aliphatic heterocycles. The molecule has 1 heterocycles. The SMILES string of the molecule is CCOC(=O)C(C)(Cc1ccncc1)c1ccc(C(C)C)cc1. The van der Waals surface area contributed by atoms with Gasteiger partial charge in [-0.25, -0.2) is 0 Å². The third kappa shape index (κ3) is 3.98. The maximum Gasteiger partial charge on any atom is 0.316 e. The average molecular weight is 311 g/mol. The van der Waals surface area contributed by atoms with E-state index in [-0.39, 0.29) is 5.97 Å². The first kappa shape index (κ1) is 17.2. The van der Waals surface area contributed by atoms with Gasteiger partial charge in [0.15, 0.2) is 0 Å². The van der Waals surface area contributed by atoms with Gasteiger partial charge < -0.3 is 4.74 Å². The van der Waals surface area contributed by atoms with Crippen molar-refractivity contribution in [2.45, 2.75) is 45.4 Å². The zero-order chi connectivity index (χ0) is 16.9. The van der Waals surface area contributed by atoms with Crippen LogP contribution in [0.1, 0.15) is 50.3 Å². The minimum absolute atomic E-state index is 0.186. The molecule has 1 atom stereocenters. The van der Waals surface area contributed by atoms with Gasteiger partial charge in [-0.2, -0.15) is 0 Å². The van der Waals surface area contributed by atoms with Gasteiger partial charge in [0, 0.05) is 12.4 Å². The second-order valence-corrected chi connectivity index (χ2v) is 6.36. The lowest BCUT2D eigenvalue weighted by atomic mass is 9.77. The molecule has 1 aromatic carbocycles. The predicted octanol–water partition coefficient (Wildman–Crippen LogP) is 4.27. The molecule has 0 radical (unpaired) electrons. The molecule has 0 N–H and O–H groups in total. The molecule has 122 valence electrons. The van der Waals surface area contributed by atoms with Crippen LogP contribution in [0.3, 0.4) is 0 Å². The zero-order valence-electron chi connectivity index (χ0n) is 14.4. The molecule has 0 aliphatic rings. The summed E-state index contributed by atoms with van der Waals surface area (Å²) in [7, 11) is 0. The summed E-state index contributed by atoms with van der Waals surface area (Å²) < 4.78 is 5.36. The average Bonchev–Trinajstić information content (AvgIpc) is 2.56.